The minimum atomic E-state index is -3.78. The Bertz CT molecular complexity index is 627. The SMILES string of the molecule is CC(C)CC[C@H](C)NC(=O)c1ccc(S(=O)(=O)NC(C)(C)C)o1. The standard InChI is InChI=1S/C16H28N2O4S/c1-11(2)7-8-12(3)17-15(19)13-9-10-14(22-13)23(20,21)18-16(4,5)6/h9-12,18H,7-8H2,1-6H3,(H,17,19)/t12-/m0/s1. The van der Waals surface area contributed by atoms with E-state index < -0.39 is 21.5 Å². The zero-order valence-corrected chi connectivity index (χ0v) is 15.6. The second-order valence-corrected chi connectivity index (χ2v) is 8.93. The molecule has 1 aromatic rings. The highest BCUT2D eigenvalue weighted by Crippen LogP contribution is 2.17. The van der Waals surface area contributed by atoms with E-state index in [1.807, 2.05) is 6.92 Å². The molecule has 1 aromatic heterocycles. The molecule has 1 atom stereocenters. The molecule has 0 aliphatic carbocycles. The zero-order valence-electron chi connectivity index (χ0n) is 14.8. The molecule has 2 N–H and O–H groups in total. The average Bonchev–Trinajstić information content (AvgIpc) is 2.83. The summed E-state index contributed by atoms with van der Waals surface area (Å²) in [5.74, 6) is 0.160. The molecule has 0 spiro atoms. The maximum atomic E-state index is 12.1. The van der Waals surface area contributed by atoms with Crippen molar-refractivity contribution in [1.82, 2.24) is 10.0 Å². The van der Waals surface area contributed by atoms with Gasteiger partial charge in [0, 0.05) is 11.6 Å². The van der Waals surface area contributed by atoms with E-state index in [2.05, 4.69) is 23.9 Å². The number of amides is 1. The van der Waals surface area contributed by atoms with E-state index in [0.29, 0.717) is 5.92 Å². The summed E-state index contributed by atoms with van der Waals surface area (Å²) < 4.78 is 32.0. The van der Waals surface area contributed by atoms with Gasteiger partial charge in [-0.2, -0.15) is 0 Å². The Morgan fingerprint density at radius 1 is 1.17 bits per heavy atom. The highest BCUT2D eigenvalue weighted by Gasteiger charge is 2.26. The van der Waals surface area contributed by atoms with Crippen LogP contribution in [0.25, 0.3) is 0 Å². The van der Waals surface area contributed by atoms with Gasteiger partial charge in [0.25, 0.3) is 15.9 Å². The minimum absolute atomic E-state index is 0.00255. The molecule has 0 unspecified atom stereocenters. The molecular weight excluding hydrogens is 316 g/mol. The Morgan fingerprint density at radius 3 is 2.30 bits per heavy atom. The molecule has 6 nitrogen and oxygen atoms in total. The second-order valence-electron chi connectivity index (χ2n) is 7.32. The lowest BCUT2D eigenvalue weighted by atomic mass is 10.0. The molecule has 1 heterocycles. The predicted molar refractivity (Wildman–Crippen MR) is 89.8 cm³/mol. The molecular formula is C16H28N2O4S. The topological polar surface area (TPSA) is 88.4 Å². The Morgan fingerprint density at radius 2 is 1.78 bits per heavy atom. The van der Waals surface area contributed by atoms with Crippen molar-refractivity contribution >= 4 is 15.9 Å². The smallest absolute Gasteiger partial charge is 0.287 e. The van der Waals surface area contributed by atoms with Crippen LogP contribution in [0.3, 0.4) is 0 Å². The molecule has 1 amide bonds. The molecule has 0 aliphatic rings. The van der Waals surface area contributed by atoms with Gasteiger partial charge >= 0.3 is 0 Å². The summed E-state index contributed by atoms with van der Waals surface area (Å²) >= 11 is 0. The Kier molecular flexibility index (Phi) is 6.41. The van der Waals surface area contributed by atoms with E-state index in [-0.39, 0.29) is 16.9 Å². The van der Waals surface area contributed by atoms with Gasteiger partial charge in [0.05, 0.1) is 0 Å². The zero-order chi connectivity index (χ0) is 17.8. The van der Waals surface area contributed by atoms with Crippen LogP contribution in [0.2, 0.25) is 0 Å². The van der Waals surface area contributed by atoms with Gasteiger partial charge in [-0.3, -0.25) is 4.79 Å². The molecule has 0 aromatic carbocycles. The van der Waals surface area contributed by atoms with E-state index >= 15 is 0 Å². The lowest BCUT2D eigenvalue weighted by Crippen LogP contribution is -2.40. The van der Waals surface area contributed by atoms with E-state index in [1.165, 1.54) is 12.1 Å². The van der Waals surface area contributed by atoms with Gasteiger partial charge in [-0.1, -0.05) is 13.8 Å². The van der Waals surface area contributed by atoms with Crippen LogP contribution in [-0.2, 0) is 10.0 Å². The van der Waals surface area contributed by atoms with Crippen molar-refractivity contribution in [1.29, 1.82) is 0 Å². The van der Waals surface area contributed by atoms with Crippen molar-refractivity contribution in [3.05, 3.63) is 17.9 Å². The third kappa shape index (κ3) is 6.74. The summed E-state index contributed by atoms with van der Waals surface area (Å²) in [4.78, 5) is 12.1. The van der Waals surface area contributed by atoms with E-state index in [4.69, 9.17) is 4.42 Å². The predicted octanol–water partition coefficient (Wildman–Crippen LogP) is 2.91. The second kappa shape index (κ2) is 7.49. The minimum Gasteiger partial charge on any atom is -0.438 e. The van der Waals surface area contributed by atoms with Crippen molar-refractivity contribution in [2.45, 2.75) is 71.1 Å². The highest BCUT2D eigenvalue weighted by atomic mass is 32.2. The third-order valence-corrected chi connectivity index (χ3v) is 4.70. The maximum Gasteiger partial charge on any atom is 0.287 e. The molecule has 0 saturated carbocycles. The first-order chi connectivity index (χ1) is 10.4. The molecule has 0 aliphatic heterocycles. The van der Waals surface area contributed by atoms with Crippen LogP contribution in [0.1, 0.15) is 64.9 Å². The molecule has 1 rings (SSSR count). The van der Waals surface area contributed by atoms with E-state index in [0.717, 1.165) is 12.8 Å². The fourth-order valence-corrected chi connectivity index (χ4v) is 3.34. The van der Waals surface area contributed by atoms with Crippen molar-refractivity contribution in [3.63, 3.8) is 0 Å². The first kappa shape index (κ1) is 19.7. The monoisotopic (exact) mass is 344 g/mol. The summed E-state index contributed by atoms with van der Waals surface area (Å²) in [7, 11) is -3.78. The number of hydrogen-bond donors (Lipinski definition) is 2. The fraction of sp³-hybridized carbons (Fsp3) is 0.688. The number of carbonyl (C=O) groups is 1. The number of rotatable bonds is 7. The molecule has 7 heteroatoms. The molecule has 132 valence electrons. The van der Waals surface area contributed by atoms with Gasteiger partial charge in [-0.25, -0.2) is 13.1 Å². The summed E-state index contributed by atoms with van der Waals surface area (Å²) in [5.41, 5.74) is -0.626. The van der Waals surface area contributed by atoms with Gasteiger partial charge < -0.3 is 9.73 Å². The first-order valence-corrected chi connectivity index (χ1v) is 9.34. The molecule has 23 heavy (non-hydrogen) atoms. The average molecular weight is 344 g/mol. The normalized spacial score (nSPS) is 14.0. The first-order valence-electron chi connectivity index (χ1n) is 7.85. The quantitative estimate of drug-likeness (QED) is 0.796. The van der Waals surface area contributed by atoms with Crippen molar-refractivity contribution in [3.8, 4) is 0 Å². The van der Waals surface area contributed by atoms with Crippen LogP contribution in [0, 0.1) is 5.92 Å². The fourth-order valence-electron chi connectivity index (χ4n) is 1.99. The molecule has 0 bridgehead atoms. The summed E-state index contributed by atoms with van der Waals surface area (Å²) in [6.45, 7) is 11.4. The molecule has 0 saturated heterocycles. The van der Waals surface area contributed by atoms with Gasteiger partial charge in [-0.15, -0.1) is 0 Å². The largest absolute Gasteiger partial charge is 0.438 e. The van der Waals surface area contributed by atoms with Crippen LogP contribution >= 0.6 is 0 Å². The number of furan rings is 1. The van der Waals surface area contributed by atoms with E-state index in [9.17, 15) is 13.2 Å². The Balaban J connectivity index is 2.74. The molecule has 0 radical (unpaired) electrons. The van der Waals surface area contributed by atoms with E-state index in [1.54, 1.807) is 20.8 Å². The number of carbonyl (C=O) groups excluding carboxylic acids is 1. The van der Waals surface area contributed by atoms with Crippen molar-refractivity contribution < 1.29 is 17.6 Å². The van der Waals surface area contributed by atoms with Crippen LogP contribution in [0.5, 0.6) is 0 Å². The van der Waals surface area contributed by atoms with Crippen LogP contribution < -0.4 is 10.0 Å². The maximum absolute atomic E-state index is 12.1. The van der Waals surface area contributed by atoms with Gasteiger partial charge in [0.2, 0.25) is 5.09 Å². The molecule has 0 fully saturated rings. The third-order valence-electron chi connectivity index (χ3n) is 3.07. The van der Waals surface area contributed by atoms with Gasteiger partial charge in [0.15, 0.2) is 5.76 Å². The lowest BCUT2D eigenvalue weighted by Gasteiger charge is -2.19. The lowest BCUT2D eigenvalue weighted by molar-refractivity contribution is 0.0904. The number of sulfonamides is 1. The summed E-state index contributed by atoms with van der Waals surface area (Å²) in [6, 6.07) is 2.67. The van der Waals surface area contributed by atoms with Crippen molar-refractivity contribution in [2.75, 3.05) is 0 Å². The number of hydrogen-bond acceptors (Lipinski definition) is 4. The Hall–Kier alpha value is -1.34. The highest BCUT2D eigenvalue weighted by molar-refractivity contribution is 7.89. The van der Waals surface area contributed by atoms with Crippen LogP contribution in [0.15, 0.2) is 21.6 Å². The number of nitrogens with one attached hydrogen (secondary N) is 2. The van der Waals surface area contributed by atoms with Crippen molar-refractivity contribution in [2.24, 2.45) is 5.92 Å². The summed E-state index contributed by atoms with van der Waals surface area (Å²) in [5, 5.41) is 2.56. The Labute approximate surface area is 139 Å². The summed E-state index contributed by atoms with van der Waals surface area (Å²) in [6.07, 6.45) is 1.87. The van der Waals surface area contributed by atoms with Gasteiger partial charge in [-0.05, 0) is 58.6 Å². The van der Waals surface area contributed by atoms with Crippen LogP contribution in [-0.4, -0.2) is 25.9 Å². The van der Waals surface area contributed by atoms with Gasteiger partial charge in [0.1, 0.15) is 0 Å². The van der Waals surface area contributed by atoms with Crippen LogP contribution in [0.4, 0.5) is 0 Å².